The van der Waals surface area contributed by atoms with Crippen LogP contribution in [0.5, 0.6) is 0 Å². The van der Waals surface area contributed by atoms with Crippen molar-refractivity contribution >= 4 is 29.3 Å². The molecular formula is C25H22N2O3S. The minimum absolute atomic E-state index is 0.135. The zero-order chi connectivity index (χ0) is 21.9. The Morgan fingerprint density at radius 3 is 2.10 bits per heavy atom. The highest BCUT2D eigenvalue weighted by Gasteiger charge is 2.20. The van der Waals surface area contributed by atoms with Crippen LogP contribution in [-0.4, -0.2) is 24.2 Å². The van der Waals surface area contributed by atoms with Crippen molar-refractivity contribution in [2.24, 2.45) is 0 Å². The Kier molecular flexibility index (Phi) is 8.27. The molecule has 0 aliphatic carbocycles. The van der Waals surface area contributed by atoms with E-state index in [-0.39, 0.29) is 24.7 Å². The van der Waals surface area contributed by atoms with Gasteiger partial charge in [0, 0.05) is 10.8 Å². The lowest BCUT2D eigenvalue weighted by molar-refractivity contribution is -0.147. The molecule has 1 N–H and O–H groups in total. The smallest absolute Gasteiger partial charge is 0.307 e. The molecule has 0 fully saturated rings. The van der Waals surface area contributed by atoms with Gasteiger partial charge in [0.25, 0.3) is 5.91 Å². The van der Waals surface area contributed by atoms with Crippen LogP contribution < -0.4 is 5.32 Å². The molecule has 3 aromatic carbocycles. The van der Waals surface area contributed by atoms with E-state index in [0.717, 1.165) is 16.0 Å². The monoisotopic (exact) mass is 430 g/mol. The molecule has 0 saturated carbocycles. The first kappa shape index (κ1) is 22.1. The highest BCUT2D eigenvalue weighted by molar-refractivity contribution is 7.99. The van der Waals surface area contributed by atoms with Crippen LogP contribution in [0.4, 0.5) is 5.69 Å². The van der Waals surface area contributed by atoms with Crippen LogP contribution in [0, 0.1) is 11.3 Å². The Hall–Kier alpha value is -3.56. The van der Waals surface area contributed by atoms with Gasteiger partial charge in [-0.05, 0) is 23.3 Å². The number of hydrogen-bond acceptors (Lipinski definition) is 5. The van der Waals surface area contributed by atoms with Gasteiger partial charge < -0.3 is 10.1 Å². The van der Waals surface area contributed by atoms with E-state index in [1.807, 2.05) is 72.8 Å². The molecule has 3 aromatic rings. The molecule has 0 heterocycles. The van der Waals surface area contributed by atoms with Crippen LogP contribution >= 0.6 is 11.8 Å². The van der Waals surface area contributed by atoms with Crippen molar-refractivity contribution in [2.75, 3.05) is 17.7 Å². The number of thioether (sulfide) groups is 1. The fourth-order valence-electron chi connectivity index (χ4n) is 3.16. The van der Waals surface area contributed by atoms with E-state index in [9.17, 15) is 9.59 Å². The Morgan fingerprint density at radius 1 is 0.903 bits per heavy atom. The predicted molar refractivity (Wildman–Crippen MR) is 122 cm³/mol. The van der Waals surface area contributed by atoms with E-state index in [4.69, 9.17) is 10.00 Å². The Labute approximate surface area is 186 Å². The number of para-hydroxylation sites is 1. The highest BCUT2D eigenvalue weighted by Crippen LogP contribution is 2.28. The fourth-order valence-corrected chi connectivity index (χ4v) is 3.83. The minimum Gasteiger partial charge on any atom is -0.456 e. The lowest BCUT2D eigenvalue weighted by Crippen LogP contribution is -2.22. The minimum atomic E-state index is -0.444. The molecular weight excluding hydrogens is 408 g/mol. The van der Waals surface area contributed by atoms with E-state index in [1.165, 1.54) is 11.8 Å². The molecule has 31 heavy (non-hydrogen) atoms. The standard InChI is InChI=1S/C25H22N2O3S/c26-15-16-31-23-14-8-7-13-22(23)27-24(28)18-30-25(29)17-21(19-9-3-1-4-10-19)20-11-5-2-6-12-20/h1-14,21H,16-18H2,(H,27,28). The third-order valence-electron chi connectivity index (χ3n) is 4.59. The van der Waals surface area contributed by atoms with Gasteiger partial charge in [-0.3, -0.25) is 9.59 Å². The molecule has 0 radical (unpaired) electrons. The number of benzene rings is 3. The summed E-state index contributed by atoms with van der Waals surface area (Å²) in [7, 11) is 0. The Balaban J connectivity index is 1.60. The molecule has 0 saturated heterocycles. The maximum Gasteiger partial charge on any atom is 0.307 e. The molecule has 5 nitrogen and oxygen atoms in total. The second-order valence-corrected chi connectivity index (χ2v) is 7.75. The number of carbonyl (C=O) groups is 2. The lowest BCUT2D eigenvalue weighted by atomic mass is 9.89. The van der Waals surface area contributed by atoms with E-state index < -0.39 is 11.9 Å². The number of esters is 1. The van der Waals surface area contributed by atoms with Gasteiger partial charge in [0.1, 0.15) is 0 Å². The van der Waals surface area contributed by atoms with Gasteiger partial charge in [-0.25, -0.2) is 0 Å². The van der Waals surface area contributed by atoms with Crippen molar-refractivity contribution in [3.8, 4) is 6.07 Å². The van der Waals surface area contributed by atoms with Gasteiger partial charge in [0.2, 0.25) is 0 Å². The zero-order valence-corrected chi connectivity index (χ0v) is 17.7. The summed E-state index contributed by atoms with van der Waals surface area (Å²) in [6, 6.07) is 28.8. The van der Waals surface area contributed by atoms with Gasteiger partial charge in [0.05, 0.1) is 23.9 Å². The molecule has 6 heteroatoms. The van der Waals surface area contributed by atoms with Crippen LogP contribution in [0.25, 0.3) is 0 Å². The van der Waals surface area contributed by atoms with Crippen molar-refractivity contribution in [1.82, 2.24) is 0 Å². The van der Waals surface area contributed by atoms with E-state index in [2.05, 4.69) is 11.4 Å². The van der Waals surface area contributed by atoms with Crippen LogP contribution in [0.1, 0.15) is 23.5 Å². The summed E-state index contributed by atoms with van der Waals surface area (Å²) >= 11 is 1.33. The molecule has 0 aliphatic rings. The van der Waals surface area contributed by atoms with Crippen molar-refractivity contribution in [3.05, 3.63) is 96.1 Å². The molecule has 3 rings (SSSR count). The normalized spacial score (nSPS) is 10.3. The number of anilines is 1. The Bertz CT molecular complexity index is 1010. The van der Waals surface area contributed by atoms with Crippen molar-refractivity contribution < 1.29 is 14.3 Å². The number of rotatable bonds is 9. The lowest BCUT2D eigenvalue weighted by Gasteiger charge is -2.17. The molecule has 0 bridgehead atoms. The average Bonchev–Trinajstić information content (AvgIpc) is 2.82. The molecule has 0 aromatic heterocycles. The second kappa shape index (κ2) is 11.6. The summed E-state index contributed by atoms with van der Waals surface area (Å²) in [5.74, 6) is -0.738. The molecule has 1 amide bonds. The molecule has 0 unspecified atom stereocenters. The van der Waals surface area contributed by atoms with Gasteiger partial charge >= 0.3 is 5.97 Å². The molecule has 0 aliphatic heterocycles. The number of carbonyl (C=O) groups excluding carboxylic acids is 2. The first-order chi connectivity index (χ1) is 15.2. The number of nitrogens with one attached hydrogen (secondary N) is 1. The van der Waals surface area contributed by atoms with E-state index in [0.29, 0.717) is 5.69 Å². The van der Waals surface area contributed by atoms with Crippen molar-refractivity contribution in [1.29, 1.82) is 5.26 Å². The van der Waals surface area contributed by atoms with Crippen LogP contribution in [0.2, 0.25) is 0 Å². The topological polar surface area (TPSA) is 79.2 Å². The maximum absolute atomic E-state index is 12.5. The van der Waals surface area contributed by atoms with Crippen LogP contribution in [0.3, 0.4) is 0 Å². The van der Waals surface area contributed by atoms with E-state index >= 15 is 0 Å². The number of hydrogen-bond donors (Lipinski definition) is 1. The molecule has 0 atom stereocenters. The first-order valence-corrected chi connectivity index (χ1v) is 10.8. The van der Waals surface area contributed by atoms with Gasteiger partial charge in [0.15, 0.2) is 6.61 Å². The molecule has 0 spiro atoms. The predicted octanol–water partition coefficient (Wildman–Crippen LogP) is 5.01. The number of nitrogens with zero attached hydrogens (tertiary/aromatic N) is 1. The van der Waals surface area contributed by atoms with Gasteiger partial charge in [-0.1, -0.05) is 72.8 Å². The zero-order valence-electron chi connectivity index (χ0n) is 16.9. The third-order valence-corrected chi connectivity index (χ3v) is 5.53. The number of ether oxygens (including phenoxy) is 1. The first-order valence-electron chi connectivity index (χ1n) is 9.81. The highest BCUT2D eigenvalue weighted by atomic mass is 32.2. The maximum atomic E-state index is 12.5. The average molecular weight is 431 g/mol. The summed E-state index contributed by atoms with van der Waals surface area (Å²) in [4.78, 5) is 25.6. The van der Waals surface area contributed by atoms with Crippen LogP contribution in [-0.2, 0) is 14.3 Å². The second-order valence-electron chi connectivity index (χ2n) is 6.73. The van der Waals surface area contributed by atoms with Crippen molar-refractivity contribution in [2.45, 2.75) is 17.2 Å². The summed E-state index contributed by atoms with van der Waals surface area (Å²) in [6.45, 7) is -0.369. The number of nitriles is 1. The molecule has 156 valence electrons. The summed E-state index contributed by atoms with van der Waals surface area (Å²) in [6.07, 6.45) is 0.135. The van der Waals surface area contributed by atoms with E-state index in [1.54, 1.807) is 12.1 Å². The summed E-state index contributed by atoms with van der Waals surface area (Å²) < 4.78 is 5.26. The van der Waals surface area contributed by atoms with Gasteiger partial charge in [-0.2, -0.15) is 5.26 Å². The SMILES string of the molecule is N#CCSc1ccccc1NC(=O)COC(=O)CC(c1ccccc1)c1ccccc1. The summed E-state index contributed by atoms with van der Waals surface area (Å²) in [5.41, 5.74) is 2.62. The van der Waals surface area contributed by atoms with Crippen LogP contribution in [0.15, 0.2) is 89.8 Å². The fraction of sp³-hybridized carbons (Fsp3) is 0.160. The number of amides is 1. The largest absolute Gasteiger partial charge is 0.456 e. The summed E-state index contributed by atoms with van der Waals surface area (Å²) in [5, 5.41) is 11.5. The quantitative estimate of drug-likeness (QED) is 0.381. The third kappa shape index (κ3) is 6.73. The van der Waals surface area contributed by atoms with Crippen molar-refractivity contribution in [3.63, 3.8) is 0 Å². The Morgan fingerprint density at radius 2 is 1.48 bits per heavy atom. The van der Waals surface area contributed by atoms with Gasteiger partial charge in [-0.15, -0.1) is 11.8 Å².